The molecule has 0 amide bonds. The van der Waals surface area contributed by atoms with E-state index in [4.69, 9.17) is 0 Å². The van der Waals surface area contributed by atoms with Crippen LogP contribution in [0, 0.1) is 6.92 Å². The number of aromatic amines is 1. The number of aromatic nitrogens is 1. The number of H-pyrrole nitrogens is 1. The van der Waals surface area contributed by atoms with Crippen LogP contribution in [0.5, 0.6) is 0 Å². The molecule has 1 nitrogen and oxygen atoms in total. The maximum atomic E-state index is 3.51. The molecule has 2 rings (SSSR count). The van der Waals surface area contributed by atoms with Crippen LogP contribution in [0.1, 0.15) is 58.4 Å². The summed E-state index contributed by atoms with van der Waals surface area (Å²) in [4.78, 5) is 3.51. The molecule has 1 heteroatoms. The summed E-state index contributed by atoms with van der Waals surface area (Å²) < 4.78 is 0. The van der Waals surface area contributed by atoms with Crippen LogP contribution in [0.4, 0.5) is 0 Å². The van der Waals surface area contributed by atoms with E-state index in [1.807, 2.05) is 0 Å². The van der Waals surface area contributed by atoms with Gasteiger partial charge in [0.2, 0.25) is 0 Å². The van der Waals surface area contributed by atoms with Crippen molar-refractivity contribution in [3.8, 4) is 0 Å². The number of hydrogen-bond acceptors (Lipinski definition) is 0. The third-order valence-electron chi connectivity index (χ3n) is 3.60. The highest BCUT2D eigenvalue weighted by atomic mass is 14.7. The van der Waals surface area contributed by atoms with Crippen molar-refractivity contribution in [2.75, 3.05) is 0 Å². The van der Waals surface area contributed by atoms with Crippen molar-refractivity contribution in [2.45, 2.75) is 59.3 Å². The van der Waals surface area contributed by atoms with Crippen LogP contribution in [0.15, 0.2) is 18.2 Å². The van der Waals surface area contributed by atoms with E-state index in [9.17, 15) is 0 Å². The Hall–Kier alpha value is -1.24. The average Bonchev–Trinajstić information content (AvgIpc) is 2.49. The van der Waals surface area contributed by atoms with Gasteiger partial charge in [-0.05, 0) is 41.0 Å². The Balaban J connectivity index is 2.76. The van der Waals surface area contributed by atoms with E-state index in [2.05, 4.69) is 71.6 Å². The summed E-state index contributed by atoms with van der Waals surface area (Å²) in [5.41, 5.74) is 5.78. The molecule has 0 spiro atoms. The number of hydrogen-bond donors (Lipinski definition) is 1. The molecule has 0 aliphatic heterocycles. The Morgan fingerprint density at radius 2 is 1.50 bits per heavy atom. The molecule has 0 unspecified atom stereocenters. The lowest BCUT2D eigenvalue weighted by Gasteiger charge is -2.22. The lowest BCUT2D eigenvalue weighted by Crippen LogP contribution is -2.13. The predicted molar refractivity (Wildman–Crippen MR) is 80.4 cm³/mol. The van der Waals surface area contributed by atoms with E-state index in [1.165, 1.54) is 27.7 Å². The number of fused-ring (bicyclic) bond motifs is 1. The first-order valence-corrected chi connectivity index (χ1v) is 6.74. The standard InChI is InChI=1S/C17H25N/c1-11-15(17(5,6)7)13-10-12(16(2,3)4)8-9-14(13)18-11/h8-10,18H,1-7H3. The highest BCUT2D eigenvalue weighted by Crippen LogP contribution is 2.35. The highest BCUT2D eigenvalue weighted by molar-refractivity contribution is 5.86. The normalized spacial score (nSPS) is 13.3. The van der Waals surface area contributed by atoms with Crippen LogP contribution < -0.4 is 0 Å². The molecule has 0 saturated carbocycles. The van der Waals surface area contributed by atoms with E-state index < -0.39 is 0 Å². The minimum atomic E-state index is 0.179. The predicted octanol–water partition coefficient (Wildman–Crippen LogP) is 5.07. The van der Waals surface area contributed by atoms with Gasteiger partial charge >= 0.3 is 0 Å². The van der Waals surface area contributed by atoms with Crippen molar-refractivity contribution >= 4 is 10.9 Å². The summed E-state index contributed by atoms with van der Waals surface area (Å²) in [6.45, 7) is 15.8. The van der Waals surface area contributed by atoms with Gasteiger partial charge in [-0.25, -0.2) is 0 Å². The zero-order valence-electron chi connectivity index (χ0n) is 12.7. The average molecular weight is 243 g/mol. The van der Waals surface area contributed by atoms with E-state index in [1.54, 1.807) is 0 Å². The first kappa shape index (κ1) is 13.2. The summed E-state index contributed by atoms with van der Waals surface area (Å²) >= 11 is 0. The van der Waals surface area contributed by atoms with Crippen LogP contribution in [-0.4, -0.2) is 4.98 Å². The van der Waals surface area contributed by atoms with Crippen LogP contribution in [-0.2, 0) is 10.8 Å². The van der Waals surface area contributed by atoms with E-state index in [0.717, 1.165) is 0 Å². The Morgan fingerprint density at radius 3 is 2.00 bits per heavy atom. The van der Waals surface area contributed by atoms with E-state index in [-0.39, 0.29) is 10.8 Å². The zero-order valence-corrected chi connectivity index (χ0v) is 12.7. The third kappa shape index (κ3) is 2.19. The van der Waals surface area contributed by atoms with E-state index >= 15 is 0 Å². The minimum Gasteiger partial charge on any atom is -0.358 e. The number of aryl methyl sites for hydroxylation is 1. The van der Waals surface area contributed by atoms with Crippen molar-refractivity contribution in [3.63, 3.8) is 0 Å². The van der Waals surface area contributed by atoms with Gasteiger partial charge in [0.25, 0.3) is 0 Å². The van der Waals surface area contributed by atoms with Gasteiger partial charge in [-0.2, -0.15) is 0 Å². The quantitative estimate of drug-likeness (QED) is 0.665. The van der Waals surface area contributed by atoms with Crippen molar-refractivity contribution in [3.05, 3.63) is 35.0 Å². The molecule has 18 heavy (non-hydrogen) atoms. The van der Waals surface area contributed by atoms with Gasteiger partial charge in [-0.15, -0.1) is 0 Å². The fourth-order valence-corrected chi connectivity index (χ4v) is 2.76. The molecule has 1 aromatic carbocycles. The Labute approximate surface area is 111 Å². The largest absolute Gasteiger partial charge is 0.358 e. The highest BCUT2D eigenvalue weighted by Gasteiger charge is 2.23. The summed E-state index contributed by atoms with van der Waals surface area (Å²) in [5, 5.41) is 1.38. The molecule has 0 fully saturated rings. The molecule has 98 valence electrons. The second-order valence-electron chi connectivity index (χ2n) is 7.39. The summed E-state index contributed by atoms with van der Waals surface area (Å²) in [6.07, 6.45) is 0. The Bertz CT molecular complexity index is 574. The number of rotatable bonds is 0. The first-order valence-electron chi connectivity index (χ1n) is 6.74. The van der Waals surface area contributed by atoms with Gasteiger partial charge in [0.05, 0.1) is 0 Å². The van der Waals surface area contributed by atoms with Gasteiger partial charge in [0, 0.05) is 16.6 Å². The molecule has 1 aromatic heterocycles. The molecule has 0 aliphatic carbocycles. The van der Waals surface area contributed by atoms with Gasteiger partial charge in [0.15, 0.2) is 0 Å². The van der Waals surface area contributed by atoms with Gasteiger partial charge in [-0.1, -0.05) is 47.6 Å². The van der Waals surface area contributed by atoms with Crippen LogP contribution >= 0.6 is 0 Å². The number of benzene rings is 1. The van der Waals surface area contributed by atoms with Crippen molar-refractivity contribution < 1.29 is 0 Å². The van der Waals surface area contributed by atoms with Gasteiger partial charge in [-0.3, -0.25) is 0 Å². The molecule has 0 atom stereocenters. The molecule has 0 aliphatic rings. The lowest BCUT2D eigenvalue weighted by molar-refractivity contribution is 0.586. The summed E-state index contributed by atoms with van der Waals surface area (Å²) in [7, 11) is 0. The molecule has 1 heterocycles. The lowest BCUT2D eigenvalue weighted by atomic mass is 9.82. The summed E-state index contributed by atoms with van der Waals surface area (Å²) in [5.74, 6) is 0. The molecule has 0 bridgehead atoms. The molecule has 2 aromatic rings. The monoisotopic (exact) mass is 243 g/mol. The van der Waals surface area contributed by atoms with E-state index in [0.29, 0.717) is 0 Å². The smallest absolute Gasteiger partial charge is 0.0459 e. The second-order valence-corrected chi connectivity index (χ2v) is 7.39. The zero-order chi connectivity index (χ0) is 13.7. The topological polar surface area (TPSA) is 15.8 Å². The van der Waals surface area contributed by atoms with Crippen LogP contribution in [0.3, 0.4) is 0 Å². The Kier molecular flexibility index (Phi) is 2.84. The molecule has 0 saturated heterocycles. The molecule has 1 N–H and O–H groups in total. The van der Waals surface area contributed by atoms with Crippen molar-refractivity contribution in [1.29, 1.82) is 0 Å². The maximum Gasteiger partial charge on any atom is 0.0459 e. The third-order valence-corrected chi connectivity index (χ3v) is 3.60. The van der Waals surface area contributed by atoms with Crippen molar-refractivity contribution in [2.24, 2.45) is 0 Å². The summed E-state index contributed by atoms with van der Waals surface area (Å²) in [6, 6.07) is 6.82. The second kappa shape index (κ2) is 3.88. The number of nitrogens with one attached hydrogen (secondary N) is 1. The molecule has 0 radical (unpaired) electrons. The fourth-order valence-electron chi connectivity index (χ4n) is 2.76. The SMILES string of the molecule is Cc1[nH]c2ccc(C(C)(C)C)cc2c1C(C)(C)C. The fraction of sp³-hybridized carbons (Fsp3) is 0.529. The molecular weight excluding hydrogens is 218 g/mol. The van der Waals surface area contributed by atoms with Crippen molar-refractivity contribution in [1.82, 2.24) is 4.98 Å². The van der Waals surface area contributed by atoms with Gasteiger partial charge < -0.3 is 4.98 Å². The maximum absolute atomic E-state index is 3.51. The Morgan fingerprint density at radius 1 is 0.889 bits per heavy atom. The minimum absolute atomic E-state index is 0.179. The first-order chi connectivity index (χ1) is 8.10. The molecular formula is C17H25N. The van der Waals surface area contributed by atoms with Crippen LogP contribution in [0.2, 0.25) is 0 Å². The van der Waals surface area contributed by atoms with Crippen LogP contribution in [0.25, 0.3) is 10.9 Å². The van der Waals surface area contributed by atoms with Gasteiger partial charge in [0.1, 0.15) is 0 Å².